The third-order valence-corrected chi connectivity index (χ3v) is 2.04. The van der Waals surface area contributed by atoms with E-state index in [1.807, 2.05) is 19.1 Å². The molecule has 0 aliphatic carbocycles. The second kappa shape index (κ2) is 6.07. The van der Waals surface area contributed by atoms with Crippen LogP contribution in [0.3, 0.4) is 0 Å². The Hall–Kier alpha value is -1.62. The highest BCUT2D eigenvalue weighted by Crippen LogP contribution is 2.20. The first-order chi connectivity index (χ1) is 7.63. The predicted molar refractivity (Wildman–Crippen MR) is 63.8 cm³/mol. The summed E-state index contributed by atoms with van der Waals surface area (Å²) in [6, 6.07) is 2.58. The number of aromatic nitrogens is 1. The van der Waals surface area contributed by atoms with Crippen molar-refractivity contribution in [1.82, 2.24) is 4.98 Å². The van der Waals surface area contributed by atoms with E-state index >= 15 is 0 Å². The Morgan fingerprint density at radius 3 is 3.00 bits per heavy atom. The van der Waals surface area contributed by atoms with Gasteiger partial charge in [0.15, 0.2) is 0 Å². The number of halogens is 1. The molecular formula is C10H12ClN3O2. The summed E-state index contributed by atoms with van der Waals surface area (Å²) >= 11 is 5.66. The van der Waals surface area contributed by atoms with E-state index in [1.165, 1.54) is 12.1 Å². The van der Waals surface area contributed by atoms with Crippen molar-refractivity contribution < 1.29 is 4.92 Å². The molecule has 1 aromatic rings. The third kappa shape index (κ3) is 3.86. The van der Waals surface area contributed by atoms with Crippen LogP contribution in [-0.2, 0) is 0 Å². The second-order valence-corrected chi connectivity index (χ2v) is 3.46. The van der Waals surface area contributed by atoms with Crippen molar-refractivity contribution in [3.05, 3.63) is 39.6 Å². The number of rotatable bonds is 5. The fraction of sp³-hybridized carbons (Fsp3) is 0.300. The van der Waals surface area contributed by atoms with Gasteiger partial charge in [0.1, 0.15) is 11.0 Å². The second-order valence-electron chi connectivity index (χ2n) is 3.07. The first-order valence-electron chi connectivity index (χ1n) is 4.80. The quantitative estimate of drug-likeness (QED) is 0.283. The van der Waals surface area contributed by atoms with E-state index in [0.717, 1.165) is 6.42 Å². The number of allylic oxidation sites excluding steroid dienone is 1. The summed E-state index contributed by atoms with van der Waals surface area (Å²) in [7, 11) is 0. The van der Waals surface area contributed by atoms with Crippen molar-refractivity contribution in [2.24, 2.45) is 0 Å². The van der Waals surface area contributed by atoms with E-state index in [1.54, 1.807) is 0 Å². The molecule has 6 heteroatoms. The lowest BCUT2D eigenvalue weighted by atomic mass is 10.3. The van der Waals surface area contributed by atoms with E-state index in [2.05, 4.69) is 10.3 Å². The van der Waals surface area contributed by atoms with Crippen molar-refractivity contribution in [2.75, 3.05) is 11.9 Å². The highest BCUT2D eigenvalue weighted by Gasteiger charge is 2.09. The van der Waals surface area contributed by atoms with Gasteiger partial charge in [-0.2, -0.15) is 0 Å². The van der Waals surface area contributed by atoms with Gasteiger partial charge in [-0.05, 0) is 13.3 Å². The lowest BCUT2D eigenvalue weighted by Crippen LogP contribution is -2.03. The smallest absolute Gasteiger partial charge is 0.276 e. The van der Waals surface area contributed by atoms with Crippen LogP contribution in [0.4, 0.5) is 11.5 Å². The maximum Gasteiger partial charge on any atom is 0.276 e. The molecule has 0 saturated carbocycles. The van der Waals surface area contributed by atoms with Crippen LogP contribution in [0.25, 0.3) is 0 Å². The molecule has 0 aromatic carbocycles. The largest absolute Gasteiger partial charge is 0.370 e. The van der Waals surface area contributed by atoms with Crippen LogP contribution in [0.5, 0.6) is 0 Å². The Balaban J connectivity index is 2.69. The van der Waals surface area contributed by atoms with Gasteiger partial charge in [-0.1, -0.05) is 23.8 Å². The fourth-order valence-electron chi connectivity index (χ4n) is 1.13. The van der Waals surface area contributed by atoms with Gasteiger partial charge < -0.3 is 5.32 Å². The van der Waals surface area contributed by atoms with E-state index < -0.39 is 4.92 Å². The molecule has 0 atom stereocenters. The van der Waals surface area contributed by atoms with E-state index in [0.29, 0.717) is 12.4 Å². The number of pyridine rings is 1. The van der Waals surface area contributed by atoms with Crippen LogP contribution in [0, 0.1) is 10.1 Å². The van der Waals surface area contributed by atoms with Gasteiger partial charge in [0.05, 0.1) is 17.1 Å². The maximum atomic E-state index is 10.6. The molecule has 1 rings (SSSR count). The Morgan fingerprint density at radius 2 is 2.38 bits per heavy atom. The molecule has 0 saturated heterocycles. The molecule has 86 valence electrons. The Labute approximate surface area is 98.3 Å². The zero-order valence-electron chi connectivity index (χ0n) is 8.81. The molecule has 0 unspecified atom stereocenters. The van der Waals surface area contributed by atoms with Crippen molar-refractivity contribution >= 4 is 23.1 Å². The van der Waals surface area contributed by atoms with Gasteiger partial charge >= 0.3 is 0 Å². The van der Waals surface area contributed by atoms with Crippen molar-refractivity contribution in [2.45, 2.75) is 13.3 Å². The average Bonchev–Trinajstić information content (AvgIpc) is 2.23. The number of hydrogen-bond donors (Lipinski definition) is 1. The van der Waals surface area contributed by atoms with Gasteiger partial charge in [0.25, 0.3) is 5.69 Å². The topological polar surface area (TPSA) is 68.1 Å². The minimum absolute atomic E-state index is 0.0615. The van der Waals surface area contributed by atoms with Crippen molar-refractivity contribution in [1.29, 1.82) is 0 Å². The lowest BCUT2D eigenvalue weighted by Gasteiger charge is -2.03. The molecule has 1 heterocycles. The molecule has 0 aliphatic rings. The van der Waals surface area contributed by atoms with Crippen molar-refractivity contribution in [3.8, 4) is 0 Å². The first kappa shape index (κ1) is 12.4. The minimum Gasteiger partial charge on any atom is -0.370 e. The van der Waals surface area contributed by atoms with Crippen LogP contribution in [0.1, 0.15) is 13.3 Å². The Bertz CT molecular complexity index is 407. The monoisotopic (exact) mass is 241 g/mol. The van der Waals surface area contributed by atoms with Gasteiger partial charge in [-0.3, -0.25) is 10.1 Å². The van der Waals surface area contributed by atoms with Gasteiger partial charge in [-0.15, -0.1) is 0 Å². The number of hydrogen-bond acceptors (Lipinski definition) is 4. The van der Waals surface area contributed by atoms with Crippen LogP contribution in [-0.4, -0.2) is 16.5 Å². The summed E-state index contributed by atoms with van der Waals surface area (Å²) in [6.07, 6.45) is 4.76. The summed E-state index contributed by atoms with van der Waals surface area (Å²) in [4.78, 5) is 14.0. The van der Waals surface area contributed by atoms with Crippen LogP contribution >= 0.6 is 11.6 Å². The molecular weight excluding hydrogens is 230 g/mol. The number of nitrogens with one attached hydrogen (secondary N) is 1. The van der Waals surface area contributed by atoms with Gasteiger partial charge in [0.2, 0.25) is 0 Å². The molecule has 0 amide bonds. The molecule has 5 nitrogen and oxygen atoms in total. The Kier molecular flexibility index (Phi) is 4.72. The SMILES string of the molecule is C/C=C/CCNc1cc([N+](=O)[O-])cc(Cl)n1. The zero-order valence-corrected chi connectivity index (χ0v) is 9.57. The predicted octanol–water partition coefficient (Wildman–Crippen LogP) is 3.02. The van der Waals surface area contributed by atoms with Crippen LogP contribution in [0.2, 0.25) is 5.15 Å². The Morgan fingerprint density at radius 1 is 1.62 bits per heavy atom. The van der Waals surface area contributed by atoms with Crippen LogP contribution < -0.4 is 5.32 Å². The average molecular weight is 242 g/mol. The van der Waals surface area contributed by atoms with Crippen LogP contribution in [0.15, 0.2) is 24.3 Å². The molecule has 1 N–H and O–H groups in total. The summed E-state index contributed by atoms with van der Waals surface area (Å²) in [5, 5.41) is 13.6. The zero-order chi connectivity index (χ0) is 12.0. The molecule has 1 aromatic heterocycles. The number of nitro groups is 1. The molecule has 0 spiro atoms. The number of nitrogens with zero attached hydrogens (tertiary/aromatic N) is 2. The highest BCUT2D eigenvalue weighted by atomic mass is 35.5. The summed E-state index contributed by atoms with van der Waals surface area (Å²) in [5.74, 6) is 0.420. The fourth-order valence-corrected chi connectivity index (χ4v) is 1.33. The summed E-state index contributed by atoms with van der Waals surface area (Å²) in [6.45, 7) is 2.59. The van der Waals surface area contributed by atoms with E-state index in [-0.39, 0.29) is 10.8 Å². The maximum absolute atomic E-state index is 10.6. The van der Waals surface area contributed by atoms with E-state index in [9.17, 15) is 10.1 Å². The first-order valence-corrected chi connectivity index (χ1v) is 5.18. The molecule has 0 aliphatic heterocycles. The third-order valence-electron chi connectivity index (χ3n) is 1.84. The molecule has 0 fully saturated rings. The van der Waals surface area contributed by atoms with E-state index in [4.69, 9.17) is 11.6 Å². The van der Waals surface area contributed by atoms with Gasteiger partial charge in [-0.25, -0.2) is 4.98 Å². The highest BCUT2D eigenvalue weighted by molar-refractivity contribution is 6.29. The minimum atomic E-state index is -0.495. The van der Waals surface area contributed by atoms with Crippen molar-refractivity contribution in [3.63, 3.8) is 0 Å². The molecule has 0 bridgehead atoms. The summed E-state index contributed by atoms with van der Waals surface area (Å²) in [5.41, 5.74) is -0.0615. The molecule has 16 heavy (non-hydrogen) atoms. The normalized spacial score (nSPS) is 10.6. The number of anilines is 1. The lowest BCUT2D eigenvalue weighted by molar-refractivity contribution is -0.384. The summed E-state index contributed by atoms with van der Waals surface area (Å²) < 4.78 is 0. The molecule has 0 radical (unpaired) electrons. The van der Waals surface area contributed by atoms with Gasteiger partial charge in [0, 0.05) is 6.54 Å². The standard InChI is InChI=1S/C10H12ClN3O2/c1-2-3-4-5-12-10-7-8(14(15)16)6-9(11)13-10/h2-3,6-7H,4-5H2,1H3,(H,12,13)/b3-2+.